The minimum Gasteiger partial charge on any atom is -0.496 e. The predicted octanol–water partition coefficient (Wildman–Crippen LogP) is 4.33. The molecule has 0 fully saturated rings. The van der Waals surface area contributed by atoms with Crippen molar-refractivity contribution in [3.05, 3.63) is 90.0 Å². The summed E-state index contributed by atoms with van der Waals surface area (Å²) < 4.78 is 10.3. The van der Waals surface area contributed by atoms with E-state index in [4.69, 9.17) is 9.47 Å². The third-order valence-corrected chi connectivity index (χ3v) is 4.18. The fraction of sp³-hybridized carbons (Fsp3) is 0.130. The Morgan fingerprint density at radius 3 is 2.11 bits per heavy atom. The first-order valence-corrected chi connectivity index (χ1v) is 8.63. The Labute approximate surface area is 158 Å². The third kappa shape index (κ3) is 4.82. The first-order chi connectivity index (χ1) is 13.2. The number of carbonyl (C=O) groups is 2. The van der Waals surface area contributed by atoms with Gasteiger partial charge in [-0.1, -0.05) is 66.7 Å². The number of benzene rings is 3. The number of Topliss-reactive ketones (excluding diaryl/α,β-unsaturated/α-hetero) is 1. The fourth-order valence-electron chi connectivity index (χ4n) is 2.76. The van der Waals surface area contributed by atoms with Crippen LogP contribution < -0.4 is 4.74 Å². The van der Waals surface area contributed by atoms with Gasteiger partial charge in [0.2, 0.25) is 5.78 Å². The van der Waals surface area contributed by atoms with E-state index in [2.05, 4.69) is 0 Å². The van der Waals surface area contributed by atoms with Gasteiger partial charge in [-0.2, -0.15) is 0 Å². The van der Waals surface area contributed by atoms with Crippen LogP contribution in [0.3, 0.4) is 0 Å². The maximum atomic E-state index is 12.2. The largest absolute Gasteiger partial charge is 0.496 e. The van der Waals surface area contributed by atoms with Gasteiger partial charge in [0.25, 0.3) is 0 Å². The highest BCUT2D eigenvalue weighted by atomic mass is 16.5. The van der Waals surface area contributed by atoms with Crippen LogP contribution in [0, 0.1) is 0 Å². The van der Waals surface area contributed by atoms with Crippen LogP contribution in [0.25, 0.3) is 11.1 Å². The topological polar surface area (TPSA) is 52.6 Å². The summed E-state index contributed by atoms with van der Waals surface area (Å²) in [4.78, 5) is 24.3. The zero-order chi connectivity index (χ0) is 19.1. The summed E-state index contributed by atoms with van der Waals surface area (Å²) in [7, 11) is 1.50. The molecule has 0 atom stereocenters. The fourth-order valence-corrected chi connectivity index (χ4v) is 2.76. The highest BCUT2D eigenvalue weighted by Crippen LogP contribution is 2.20. The zero-order valence-corrected chi connectivity index (χ0v) is 15.1. The van der Waals surface area contributed by atoms with Gasteiger partial charge in [0, 0.05) is 0 Å². The number of ether oxygens (including phenoxy) is 2. The van der Waals surface area contributed by atoms with Crippen molar-refractivity contribution in [2.24, 2.45) is 0 Å². The van der Waals surface area contributed by atoms with Crippen molar-refractivity contribution < 1.29 is 19.1 Å². The van der Waals surface area contributed by atoms with Crippen molar-refractivity contribution in [2.45, 2.75) is 6.42 Å². The highest BCUT2D eigenvalue weighted by Gasteiger charge is 2.14. The van der Waals surface area contributed by atoms with Gasteiger partial charge in [-0.25, -0.2) is 0 Å². The van der Waals surface area contributed by atoms with Gasteiger partial charge >= 0.3 is 5.97 Å². The summed E-state index contributed by atoms with van der Waals surface area (Å²) >= 11 is 0. The Morgan fingerprint density at radius 2 is 1.41 bits per heavy atom. The quantitative estimate of drug-likeness (QED) is 0.465. The Bertz CT molecular complexity index is 915. The van der Waals surface area contributed by atoms with Gasteiger partial charge in [0.15, 0.2) is 6.61 Å². The van der Waals surface area contributed by atoms with E-state index in [1.54, 1.807) is 24.3 Å². The number of ketones is 1. The van der Waals surface area contributed by atoms with E-state index in [9.17, 15) is 9.59 Å². The summed E-state index contributed by atoms with van der Waals surface area (Å²) in [6.07, 6.45) is 0.119. The van der Waals surface area contributed by atoms with Gasteiger partial charge in [-0.15, -0.1) is 0 Å². The van der Waals surface area contributed by atoms with E-state index in [1.807, 2.05) is 54.6 Å². The second kappa shape index (κ2) is 8.81. The zero-order valence-electron chi connectivity index (χ0n) is 15.1. The molecular formula is C23H20O4. The molecule has 0 spiro atoms. The smallest absolute Gasteiger partial charge is 0.310 e. The van der Waals surface area contributed by atoms with Crippen molar-refractivity contribution in [3.8, 4) is 16.9 Å². The molecule has 0 heterocycles. The number of carbonyl (C=O) groups excluding carboxylic acids is 2. The average Bonchev–Trinajstić information content (AvgIpc) is 2.73. The Hall–Kier alpha value is -3.40. The van der Waals surface area contributed by atoms with E-state index in [0.717, 1.165) is 16.7 Å². The lowest BCUT2D eigenvalue weighted by Crippen LogP contribution is -2.16. The molecule has 0 saturated heterocycles. The van der Waals surface area contributed by atoms with E-state index >= 15 is 0 Å². The van der Waals surface area contributed by atoms with Crippen LogP contribution in [0.4, 0.5) is 0 Å². The van der Waals surface area contributed by atoms with Gasteiger partial charge in [0.1, 0.15) is 5.75 Å². The number of rotatable bonds is 7. The minimum atomic E-state index is -0.439. The third-order valence-electron chi connectivity index (χ3n) is 4.18. The molecule has 0 bridgehead atoms. The van der Waals surface area contributed by atoms with Gasteiger partial charge in [0.05, 0.1) is 19.1 Å². The molecule has 4 nitrogen and oxygen atoms in total. The van der Waals surface area contributed by atoms with Crippen LogP contribution in [0.15, 0.2) is 78.9 Å². The molecule has 0 unspecified atom stereocenters. The summed E-state index contributed by atoms with van der Waals surface area (Å²) in [6, 6.07) is 24.6. The second-order valence-corrected chi connectivity index (χ2v) is 6.02. The van der Waals surface area contributed by atoms with Crippen LogP contribution in [-0.2, 0) is 16.0 Å². The first-order valence-electron chi connectivity index (χ1n) is 8.63. The second-order valence-electron chi connectivity index (χ2n) is 6.02. The molecule has 3 rings (SSSR count). The lowest BCUT2D eigenvalue weighted by molar-refractivity contribution is -0.141. The molecule has 0 saturated carbocycles. The van der Waals surface area contributed by atoms with Crippen LogP contribution >= 0.6 is 0 Å². The van der Waals surface area contributed by atoms with E-state index < -0.39 is 5.97 Å². The number of para-hydroxylation sites is 1. The standard InChI is InChI=1S/C23H20O4/c1-26-22-10-6-5-9-20(22)21(24)16-27-23(25)15-17-11-13-19(14-12-17)18-7-3-2-4-8-18/h2-14H,15-16H2,1H3. The molecule has 0 aromatic heterocycles. The normalized spacial score (nSPS) is 10.3. The van der Waals surface area contributed by atoms with E-state index in [1.165, 1.54) is 7.11 Å². The van der Waals surface area contributed by atoms with Gasteiger partial charge in [-0.05, 0) is 28.8 Å². The summed E-state index contributed by atoms with van der Waals surface area (Å²) in [5.41, 5.74) is 3.44. The SMILES string of the molecule is COc1ccccc1C(=O)COC(=O)Cc1ccc(-c2ccccc2)cc1. The van der Waals surface area contributed by atoms with Crippen molar-refractivity contribution in [2.75, 3.05) is 13.7 Å². The van der Waals surface area contributed by atoms with Crippen LogP contribution in [-0.4, -0.2) is 25.5 Å². The van der Waals surface area contributed by atoms with E-state index in [-0.39, 0.29) is 18.8 Å². The number of hydrogen-bond acceptors (Lipinski definition) is 4. The Balaban J connectivity index is 1.56. The van der Waals surface area contributed by atoms with Crippen molar-refractivity contribution in [3.63, 3.8) is 0 Å². The molecule has 3 aromatic rings. The van der Waals surface area contributed by atoms with Crippen LogP contribution in [0.1, 0.15) is 15.9 Å². The van der Waals surface area contributed by atoms with Crippen molar-refractivity contribution >= 4 is 11.8 Å². The molecule has 3 aromatic carbocycles. The maximum absolute atomic E-state index is 12.2. The summed E-state index contributed by atoms with van der Waals surface area (Å²) in [6.45, 7) is -0.304. The highest BCUT2D eigenvalue weighted by molar-refractivity contribution is 6.00. The first kappa shape index (κ1) is 18.4. The molecule has 0 aliphatic heterocycles. The summed E-state index contributed by atoms with van der Waals surface area (Å²) in [5.74, 6) is -0.263. The lowest BCUT2D eigenvalue weighted by atomic mass is 10.0. The molecular weight excluding hydrogens is 340 g/mol. The van der Waals surface area contributed by atoms with Crippen molar-refractivity contribution in [1.82, 2.24) is 0 Å². The number of esters is 1. The molecule has 0 radical (unpaired) electrons. The molecule has 0 amide bonds. The molecule has 0 aliphatic rings. The van der Waals surface area contributed by atoms with Gasteiger partial charge in [-0.3, -0.25) is 9.59 Å². The van der Waals surface area contributed by atoms with E-state index in [0.29, 0.717) is 11.3 Å². The minimum absolute atomic E-state index is 0.119. The number of hydrogen-bond donors (Lipinski definition) is 0. The molecule has 27 heavy (non-hydrogen) atoms. The monoisotopic (exact) mass is 360 g/mol. The average molecular weight is 360 g/mol. The maximum Gasteiger partial charge on any atom is 0.310 e. The predicted molar refractivity (Wildman–Crippen MR) is 104 cm³/mol. The lowest BCUT2D eigenvalue weighted by Gasteiger charge is -2.08. The molecule has 0 N–H and O–H groups in total. The molecule has 4 heteroatoms. The van der Waals surface area contributed by atoms with Crippen molar-refractivity contribution in [1.29, 1.82) is 0 Å². The van der Waals surface area contributed by atoms with Crippen LogP contribution in [0.5, 0.6) is 5.75 Å². The summed E-state index contributed by atoms with van der Waals surface area (Å²) in [5, 5.41) is 0. The molecule has 136 valence electrons. The molecule has 0 aliphatic carbocycles. The Kier molecular flexibility index (Phi) is 6.00. The Morgan fingerprint density at radius 1 is 0.778 bits per heavy atom. The number of methoxy groups -OCH3 is 1. The van der Waals surface area contributed by atoms with Gasteiger partial charge < -0.3 is 9.47 Å². The van der Waals surface area contributed by atoms with Crippen LogP contribution in [0.2, 0.25) is 0 Å².